The maximum absolute atomic E-state index is 13.1. The molecule has 11 heteroatoms. The molecule has 0 spiro atoms. The van der Waals surface area contributed by atoms with Crippen LogP contribution < -0.4 is 10.1 Å². The first-order chi connectivity index (χ1) is 15.2. The van der Waals surface area contributed by atoms with Crippen LogP contribution in [0.15, 0.2) is 53.7 Å². The van der Waals surface area contributed by atoms with E-state index in [0.717, 1.165) is 17.8 Å². The van der Waals surface area contributed by atoms with E-state index in [4.69, 9.17) is 4.74 Å². The van der Waals surface area contributed by atoms with Gasteiger partial charge < -0.3 is 14.6 Å². The smallest absolute Gasteiger partial charge is 0.418 e. The number of nitrogens with zero attached hydrogens (tertiary/aromatic N) is 3. The lowest BCUT2D eigenvalue weighted by Gasteiger charge is -2.15. The normalized spacial score (nSPS) is 12.4. The average molecular weight is 468 g/mol. The summed E-state index contributed by atoms with van der Waals surface area (Å²) in [5.74, 6) is -0.174. The number of ether oxygens (including phenoxy) is 1. The molecule has 3 aromatic rings. The molecule has 1 aromatic heterocycles. The number of carbonyl (C=O) groups is 1. The van der Waals surface area contributed by atoms with Gasteiger partial charge in [0.25, 0.3) is 0 Å². The molecule has 1 amide bonds. The van der Waals surface area contributed by atoms with Crippen molar-refractivity contribution in [2.45, 2.75) is 37.8 Å². The lowest BCUT2D eigenvalue weighted by molar-refractivity contribution is -0.137. The van der Waals surface area contributed by atoms with E-state index >= 15 is 0 Å². The molecular weight excluding hydrogens is 448 g/mol. The summed E-state index contributed by atoms with van der Waals surface area (Å²) >= 11 is 1.05. The second-order valence-electron chi connectivity index (χ2n) is 6.68. The molecule has 1 N–H and O–H groups in total. The Morgan fingerprint density at radius 2 is 1.84 bits per heavy atom. The van der Waals surface area contributed by atoms with Crippen molar-refractivity contribution in [3.05, 3.63) is 65.7 Å². The Morgan fingerprint density at radius 1 is 1.16 bits per heavy atom. The largest absolute Gasteiger partial charge is 0.483 e. The average Bonchev–Trinajstić information content (AvgIpc) is 3.16. The van der Waals surface area contributed by atoms with Crippen molar-refractivity contribution in [1.82, 2.24) is 14.8 Å². The van der Waals surface area contributed by atoms with E-state index in [1.54, 1.807) is 11.5 Å². The number of aromatic nitrogens is 3. The van der Waals surface area contributed by atoms with Gasteiger partial charge in [-0.2, -0.15) is 13.2 Å². The Kier molecular flexibility index (Phi) is 7.39. The highest BCUT2D eigenvalue weighted by molar-refractivity contribution is 7.99. The topological polar surface area (TPSA) is 69.0 Å². The highest BCUT2D eigenvalue weighted by atomic mass is 32.2. The van der Waals surface area contributed by atoms with E-state index < -0.39 is 23.8 Å². The Labute approximate surface area is 186 Å². The molecule has 1 heterocycles. The lowest BCUT2D eigenvalue weighted by Crippen LogP contribution is -2.18. The number of nitrogens with one attached hydrogen (secondary N) is 1. The number of hydrogen-bond acceptors (Lipinski definition) is 5. The van der Waals surface area contributed by atoms with Gasteiger partial charge in [-0.1, -0.05) is 23.9 Å². The van der Waals surface area contributed by atoms with Gasteiger partial charge in [-0.25, -0.2) is 4.39 Å². The van der Waals surface area contributed by atoms with Gasteiger partial charge in [-0.05, 0) is 50.2 Å². The second kappa shape index (κ2) is 10.0. The fraction of sp³-hybridized carbons (Fsp3) is 0.286. The van der Waals surface area contributed by atoms with Gasteiger partial charge in [0.15, 0.2) is 17.1 Å². The minimum atomic E-state index is -4.57. The summed E-state index contributed by atoms with van der Waals surface area (Å²) in [7, 11) is 0. The van der Waals surface area contributed by atoms with Crippen LogP contribution in [0.5, 0.6) is 5.75 Å². The van der Waals surface area contributed by atoms with Gasteiger partial charge in [0.2, 0.25) is 5.91 Å². The molecule has 32 heavy (non-hydrogen) atoms. The Bertz CT molecular complexity index is 1070. The Morgan fingerprint density at radius 3 is 2.50 bits per heavy atom. The molecule has 0 aliphatic rings. The minimum Gasteiger partial charge on any atom is -0.483 e. The number of para-hydroxylation sites is 1. The number of carbonyl (C=O) groups excluding carboxylic acids is 1. The fourth-order valence-electron chi connectivity index (χ4n) is 2.93. The van der Waals surface area contributed by atoms with Crippen molar-refractivity contribution in [1.29, 1.82) is 0 Å². The third-order valence-electron chi connectivity index (χ3n) is 4.39. The van der Waals surface area contributed by atoms with Crippen molar-refractivity contribution >= 4 is 23.4 Å². The van der Waals surface area contributed by atoms with Crippen LogP contribution in [-0.2, 0) is 17.5 Å². The molecule has 2 aromatic carbocycles. The van der Waals surface area contributed by atoms with Gasteiger partial charge in [0.05, 0.1) is 17.0 Å². The highest BCUT2D eigenvalue weighted by Crippen LogP contribution is 2.34. The van der Waals surface area contributed by atoms with E-state index in [2.05, 4.69) is 15.5 Å². The quantitative estimate of drug-likeness (QED) is 0.358. The number of halogens is 4. The van der Waals surface area contributed by atoms with E-state index in [1.165, 1.54) is 42.5 Å². The number of amides is 1. The Hall–Kier alpha value is -3.08. The molecular formula is C21H20F4N4O2S. The number of benzene rings is 2. The van der Waals surface area contributed by atoms with Crippen LogP contribution in [0.25, 0.3) is 0 Å². The van der Waals surface area contributed by atoms with E-state index in [-0.39, 0.29) is 17.3 Å². The van der Waals surface area contributed by atoms with Crippen LogP contribution in [0, 0.1) is 5.82 Å². The third-order valence-corrected chi connectivity index (χ3v) is 5.36. The van der Waals surface area contributed by atoms with Crippen LogP contribution in [0.4, 0.5) is 23.2 Å². The predicted octanol–water partition coefficient (Wildman–Crippen LogP) is 5.33. The maximum atomic E-state index is 13.1. The van der Waals surface area contributed by atoms with Crippen molar-refractivity contribution in [3.8, 4) is 5.75 Å². The standard InChI is InChI=1S/C21H20F4N4O2S/c1-3-29-19(13(2)31-15-10-8-14(22)9-11-15)27-28-20(29)32-12-18(30)26-17-7-5-4-6-16(17)21(23,24)25/h4-11,13H,3,12H2,1-2H3,(H,26,30). The van der Waals surface area contributed by atoms with Crippen molar-refractivity contribution in [2.24, 2.45) is 0 Å². The monoisotopic (exact) mass is 468 g/mol. The number of thioether (sulfide) groups is 1. The summed E-state index contributed by atoms with van der Waals surface area (Å²) in [5.41, 5.74) is -1.21. The van der Waals surface area contributed by atoms with Gasteiger partial charge in [0.1, 0.15) is 11.6 Å². The summed E-state index contributed by atoms with van der Waals surface area (Å²) in [6.07, 6.45) is -5.08. The molecule has 0 aliphatic heterocycles. The predicted molar refractivity (Wildman–Crippen MR) is 112 cm³/mol. The molecule has 170 valence electrons. The van der Waals surface area contributed by atoms with Crippen LogP contribution in [-0.4, -0.2) is 26.4 Å². The van der Waals surface area contributed by atoms with Gasteiger partial charge in [-0.15, -0.1) is 10.2 Å². The van der Waals surface area contributed by atoms with E-state index in [1.807, 2.05) is 6.92 Å². The molecule has 0 radical (unpaired) electrons. The summed E-state index contributed by atoms with van der Waals surface area (Å²) in [4.78, 5) is 12.3. The van der Waals surface area contributed by atoms with Crippen molar-refractivity contribution in [3.63, 3.8) is 0 Å². The summed E-state index contributed by atoms with van der Waals surface area (Å²) in [5, 5.41) is 10.9. The lowest BCUT2D eigenvalue weighted by atomic mass is 10.1. The summed E-state index contributed by atoms with van der Waals surface area (Å²) in [6, 6.07) is 10.3. The first-order valence-corrected chi connectivity index (χ1v) is 10.6. The molecule has 0 saturated heterocycles. The van der Waals surface area contributed by atoms with Crippen molar-refractivity contribution < 1.29 is 27.1 Å². The van der Waals surface area contributed by atoms with Gasteiger partial charge in [-0.3, -0.25) is 4.79 Å². The second-order valence-corrected chi connectivity index (χ2v) is 7.62. The molecule has 0 aliphatic carbocycles. The molecule has 3 rings (SSSR count). The zero-order valence-electron chi connectivity index (χ0n) is 17.2. The maximum Gasteiger partial charge on any atom is 0.418 e. The first kappa shape index (κ1) is 23.6. The third kappa shape index (κ3) is 5.78. The molecule has 6 nitrogen and oxygen atoms in total. The SMILES string of the molecule is CCn1c(SCC(=O)Nc2ccccc2C(F)(F)F)nnc1C(C)Oc1ccc(F)cc1. The van der Waals surface area contributed by atoms with Crippen LogP contribution >= 0.6 is 11.8 Å². The van der Waals surface area contributed by atoms with Gasteiger partial charge >= 0.3 is 6.18 Å². The van der Waals surface area contributed by atoms with Crippen LogP contribution in [0.3, 0.4) is 0 Å². The molecule has 1 atom stereocenters. The van der Waals surface area contributed by atoms with Crippen molar-refractivity contribution in [2.75, 3.05) is 11.1 Å². The minimum absolute atomic E-state index is 0.155. The molecule has 0 saturated carbocycles. The van der Waals surface area contributed by atoms with Crippen LogP contribution in [0.2, 0.25) is 0 Å². The summed E-state index contributed by atoms with van der Waals surface area (Å²) < 4.78 is 59.9. The highest BCUT2D eigenvalue weighted by Gasteiger charge is 2.33. The number of alkyl halides is 3. The summed E-state index contributed by atoms with van der Waals surface area (Å²) in [6.45, 7) is 4.11. The van der Waals surface area contributed by atoms with Crippen LogP contribution in [0.1, 0.15) is 31.3 Å². The van der Waals surface area contributed by atoms with E-state index in [9.17, 15) is 22.4 Å². The number of rotatable bonds is 8. The number of hydrogen-bond donors (Lipinski definition) is 1. The fourth-order valence-corrected chi connectivity index (χ4v) is 3.74. The molecule has 1 unspecified atom stereocenters. The van der Waals surface area contributed by atoms with E-state index in [0.29, 0.717) is 23.3 Å². The first-order valence-electron chi connectivity index (χ1n) is 9.63. The molecule has 0 bridgehead atoms. The molecule has 0 fully saturated rings. The number of anilines is 1. The zero-order valence-corrected chi connectivity index (χ0v) is 18.0. The zero-order chi connectivity index (χ0) is 23.3. The van der Waals surface area contributed by atoms with Gasteiger partial charge in [0, 0.05) is 6.54 Å². The Balaban J connectivity index is 1.65.